The lowest BCUT2D eigenvalue weighted by Gasteiger charge is -2.26. The Hall–Kier alpha value is -3.08. The second-order valence-corrected chi connectivity index (χ2v) is 9.12. The summed E-state index contributed by atoms with van der Waals surface area (Å²) in [5.74, 6) is -0.319. The third kappa shape index (κ3) is 4.36. The van der Waals surface area contributed by atoms with E-state index in [2.05, 4.69) is 10.4 Å². The first kappa shape index (κ1) is 21.2. The van der Waals surface area contributed by atoms with Crippen molar-refractivity contribution in [2.75, 3.05) is 31.6 Å². The molecule has 1 N–H and O–H groups in total. The van der Waals surface area contributed by atoms with Crippen LogP contribution >= 0.6 is 0 Å². The molecule has 0 spiro atoms. The standard InChI is InChI=1S/C21H22N4O5S/c1-24-21(27)18-5-3-2-4-17(18)19(23-24)14-20(26)22-15-6-8-16(9-7-15)31(28,29)25-10-12-30-13-11-25/h2-9H,10-14H2,1H3,(H,22,26). The van der Waals surface area contributed by atoms with Crippen LogP contribution in [0.1, 0.15) is 5.69 Å². The predicted octanol–water partition coefficient (Wildman–Crippen LogP) is 1.14. The molecule has 3 aromatic rings. The summed E-state index contributed by atoms with van der Waals surface area (Å²) >= 11 is 0. The van der Waals surface area contributed by atoms with Gasteiger partial charge in [0.25, 0.3) is 5.56 Å². The summed E-state index contributed by atoms with van der Waals surface area (Å²) in [4.78, 5) is 25.0. The largest absolute Gasteiger partial charge is 0.379 e. The summed E-state index contributed by atoms with van der Waals surface area (Å²) in [6.07, 6.45) is -0.0253. The molecular weight excluding hydrogens is 420 g/mol. The highest BCUT2D eigenvalue weighted by Gasteiger charge is 2.26. The molecule has 0 aliphatic carbocycles. The molecule has 1 saturated heterocycles. The minimum absolute atomic E-state index is 0.0253. The van der Waals surface area contributed by atoms with Crippen molar-refractivity contribution >= 4 is 32.4 Å². The number of anilines is 1. The van der Waals surface area contributed by atoms with E-state index >= 15 is 0 Å². The van der Waals surface area contributed by atoms with Crippen molar-refractivity contribution in [2.45, 2.75) is 11.3 Å². The number of sulfonamides is 1. The number of rotatable bonds is 5. The fourth-order valence-corrected chi connectivity index (χ4v) is 4.92. The fourth-order valence-electron chi connectivity index (χ4n) is 3.51. The number of amides is 1. The van der Waals surface area contributed by atoms with Crippen LogP contribution in [0, 0.1) is 0 Å². The number of hydrogen-bond acceptors (Lipinski definition) is 6. The first-order chi connectivity index (χ1) is 14.9. The lowest BCUT2D eigenvalue weighted by Crippen LogP contribution is -2.40. The second kappa shape index (κ2) is 8.58. The number of hydrogen-bond donors (Lipinski definition) is 1. The number of aromatic nitrogens is 2. The van der Waals surface area contributed by atoms with E-state index in [1.54, 1.807) is 43.4 Å². The number of nitrogens with one attached hydrogen (secondary N) is 1. The van der Waals surface area contributed by atoms with Gasteiger partial charge in [-0.15, -0.1) is 0 Å². The molecule has 1 aliphatic rings. The van der Waals surface area contributed by atoms with Gasteiger partial charge < -0.3 is 10.1 Å². The molecule has 2 aromatic carbocycles. The highest BCUT2D eigenvalue weighted by molar-refractivity contribution is 7.89. The van der Waals surface area contributed by atoms with Crippen LogP contribution in [0.5, 0.6) is 0 Å². The smallest absolute Gasteiger partial charge is 0.274 e. The third-order valence-corrected chi connectivity index (χ3v) is 7.02. The van der Waals surface area contributed by atoms with Gasteiger partial charge in [-0.1, -0.05) is 18.2 Å². The third-order valence-electron chi connectivity index (χ3n) is 5.11. The van der Waals surface area contributed by atoms with Crippen LogP contribution in [-0.4, -0.2) is 54.7 Å². The van der Waals surface area contributed by atoms with E-state index in [1.165, 1.54) is 21.1 Å². The maximum absolute atomic E-state index is 12.7. The summed E-state index contributed by atoms with van der Waals surface area (Å²) in [6, 6.07) is 13.1. The van der Waals surface area contributed by atoms with Crippen LogP contribution in [-0.2, 0) is 33.0 Å². The zero-order valence-electron chi connectivity index (χ0n) is 16.9. The maximum Gasteiger partial charge on any atom is 0.274 e. The average molecular weight is 442 g/mol. The Bertz CT molecular complexity index is 1280. The van der Waals surface area contributed by atoms with E-state index < -0.39 is 10.0 Å². The van der Waals surface area contributed by atoms with Crippen LogP contribution < -0.4 is 10.9 Å². The van der Waals surface area contributed by atoms with Crippen molar-refractivity contribution < 1.29 is 17.9 Å². The SMILES string of the molecule is Cn1nc(CC(=O)Nc2ccc(S(=O)(=O)N3CCOCC3)cc2)c2ccccc2c1=O. The summed E-state index contributed by atoms with van der Waals surface area (Å²) in [5, 5.41) is 8.11. The monoisotopic (exact) mass is 442 g/mol. The molecule has 10 heteroatoms. The first-order valence-electron chi connectivity index (χ1n) is 9.79. The van der Waals surface area contributed by atoms with Gasteiger partial charge in [0, 0.05) is 31.2 Å². The van der Waals surface area contributed by atoms with E-state index in [9.17, 15) is 18.0 Å². The number of carbonyl (C=O) groups is 1. The second-order valence-electron chi connectivity index (χ2n) is 7.19. The molecule has 0 radical (unpaired) electrons. The van der Waals surface area contributed by atoms with Crippen molar-refractivity contribution in [3.8, 4) is 0 Å². The van der Waals surface area contributed by atoms with Gasteiger partial charge >= 0.3 is 0 Å². The van der Waals surface area contributed by atoms with Gasteiger partial charge in [-0.25, -0.2) is 13.1 Å². The Labute approximate surface area is 179 Å². The number of nitrogens with zero attached hydrogens (tertiary/aromatic N) is 3. The molecule has 1 fully saturated rings. The van der Waals surface area contributed by atoms with Gasteiger partial charge in [0.05, 0.1) is 35.6 Å². The topological polar surface area (TPSA) is 111 Å². The first-order valence-corrected chi connectivity index (χ1v) is 11.2. The van der Waals surface area contributed by atoms with Crippen LogP contribution in [0.2, 0.25) is 0 Å². The van der Waals surface area contributed by atoms with E-state index in [0.29, 0.717) is 48.5 Å². The number of fused-ring (bicyclic) bond motifs is 1. The van der Waals surface area contributed by atoms with E-state index in [-0.39, 0.29) is 22.8 Å². The Balaban J connectivity index is 1.49. The molecule has 0 atom stereocenters. The lowest BCUT2D eigenvalue weighted by molar-refractivity contribution is -0.115. The van der Waals surface area contributed by atoms with Crippen molar-refractivity contribution in [3.63, 3.8) is 0 Å². The molecule has 31 heavy (non-hydrogen) atoms. The van der Waals surface area contributed by atoms with E-state index in [1.807, 2.05) is 0 Å². The average Bonchev–Trinajstić information content (AvgIpc) is 2.78. The minimum Gasteiger partial charge on any atom is -0.379 e. The molecular formula is C21H22N4O5S. The number of morpholine rings is 1. The number of carbonyl (C=O) groups excluding carboxylic acids is 1. The molecule has 2 heterocycles. The Morgan fingerprint density at radius 2 is 1.71 bits per heavy atom. The van der Waals surface area contributed by atoms with Gasteiger partial charge in [0.2, 0.25) is 15.9 Å². The molecule has 162 valence electrons. The summed E-state index contributed by atoms with van der Waals surface area (Å²) in [6.45, 7) is 1.39. The van der Waals surface area contributed by atoms with Crippen molar-refractivity contribution in [3.05, 3.63) is 64.6 Å². The summed E-state index contributed by atoms with van der Waals surface area (Å²) in [5.41, 5.74) is 0.735. The Morgan fingerprint density at radius 3 is 2.39 bits per heavy atom. The van der Waals surface area contributed by atoms with E-state index in [4.69, 9.17) is 4.74 Å². The zero-order valence-corrected chi connectivity index (χ0v) is 17.8. The molecule has 0 saturated carbocycles. The van der Waals surface area contributed by atoms with Crippen LogP contribution in [0.15, 0.2) is 58.2 Å². The Kier molecular flexibility index (Phi) is 5.86. The summed E-state index contributed by atoms with van der Waals surface area (Å²) < 4.78 is 33.2. The minimum atomic E-state index is -3.59. The predicted molar refractivity (Wildman–Crippen MR) is 115 cm³/mol. The summed E-state index contributed by atoms with van der Waals surface area (Å²) in [7, 11) is -2.05. The highest BCUT2D eigenvalue weighted by atomic mass is 32.2. The lowest BCUT2D eigenvalue weighted by atomic mass is 10.1. The van der Waals surface area contributed by atoms with Crippen LogP contribution in [0.4, 0.5) is 5.69 Å². The molecule has 9 nitrogen and oxygen atoms in total. The van der Waals surface area contributed by atoms with Gasteiger partial charge in [0.15, 0.2) is 0 Å². The maximum atomic E-state index is 12.7. The van der Waals surface area contributed by atoms with Crippen molar-refractivity contribution in [2.24, 2.45) is 7.05 Å². The normalized spacial score (nSPS) is 15.1. The van der Waals surface area contributed by atoms with Gasteiger partial charge in [0.1, 0.15) is 0 Å². The molecule has 0 unspecified atom stereocenters. The van der Waals surface area contributed by atoms with Crippen LogP contribution in [0.3, 0.4) is 0 Å². The van der Waals surface area contributed by atoms with Crippen LogP contribution in [0.25, 0.3) is 10.8 Å². The van der Waals surface area contributed by atoms with Crippen molar-refractivity contribution in [1.29, 1.82) is 0 Å². The van der Waals surface area contributed by atoms with Gasteiger partial charge in [-0.2, -0.15) is 9.40 Å². The number of aryl methyl sites for hydroxylation is 1. The molecule has 4 rings (SSSR count). The molecule has 1 amide bonds. The number of ether oxygens (including phenoxy) is 1. The van der Waals surface area contributed by atoms with Gasteiger partial charge in [-0.05, 0) is 30.3 Å². The number of benzene rings is 2. The van der Waals surface area contributed by atoms with E-state index in [0.717, 1.165) is 0 Å². The van der Waals surface area contributed by atoms with Gasteiger partial charge in [-0.3, -0.25) is 9.59 Å². The Morgan fingerprint density at radius 1 is 1.06 bits per heavy atom. The molecule has 1 aliphatic heterocycles. The molecule has 0 bridgehead atoms. The quantitative estimate of drug-likeness (QED) is 0.634. The highest BCUT2D eigenvalue weighted by Crippen LogP contribution is 2.20. The fraction of sp³-hybridized carbons (Fsp3) is 0.286. The zero-order chi connectivity index (χ0) is 22.0. The van der Waals surface area contributed by atoms with Crippen molar-refractivity contribution in [1.82, 2.24) is 14.1 Å². The molecule has 1 aromatic heterocycles.